The summed E-state index contributed by atoms with van der Waals surface area (Å²) in [6.07, 6.45) is 0. The Labute approximate surface area is 339 Å². The summed E-state index contributed by atoms with van der Waals surface area (Å²) in [5.41, 5.74) is 17.9. The van der Waals surface area contributed by atoms with Crippen LogP contribution in [0.25, 0.3) is 67.5 Å². The van der Waals surface area contributed by atoms with E-state index in [1.165, 1.54) is 55.6 Å². The maximum Gasteiger partial charge on any atom is 0.164 e. The molecule has 0 atom stereocenters. The second-order valence-corrected chi connectivity index (χ2v) is 16.0. The molecule has 1 aromatic heterocycles. The molecule has 1 heterocycles. The molecule has 0 aliphatic heterocycles. The summed E-state index contributed by atoms with van der Waals surface area (Å²) in [5, 5.41) is 0. The lowest BCUT2D eigenvalue weighted by molar-refractivity contribution is 0.563. The zero-order valence-electron chi connectivity index (χ0n) is 32.4. The van der Waals surface area contributed by atoms with E-state index in [1.807, 2.05) is 60.7 Å². The van der Waals surface area contributed by atoms with Gasteiger partial charge in [0.2, 0.25) is 0 Å². The van der Waals surface area contributed by atoms with E-state index in [0.717, 1.165) is 27.8 Å². The van der Waals surface area contributed by atoms with Crippen LogP contribution in [0.15, 0.2) is 200 Å². The molecule has 0 bridgehead atoms. The molecule has 9 aromatic rings. The van der Waals surface area contributed by atoms with Gasteiger partial charge in [-0.25, -0.2) is 15.0 Å². The number of rotatable bonds is 5. The van der Waals surface area contributed by atoms with E-state index in [-0.39, 0.29) is 10.8 Å². The van der Waals surface area contributed by atoms with E-state index in [9.17, 15) is 0 Å². The van der Waals surface area contributed by atoms with Gasteiger partial charge in [0.1, 0.15) is 0 Å². The molecule has 8 aromatic carbocycles. The lowest BCUT2D eigenvalue weighted by Gasteiger charge is -2.46. The van der Waals surface area contributed by atoms with Gasteiger partial charge in [-0.3, -0.25) is 0 Å². The summed E-state index contributed by atoms with van der Waals surface area (Å²) in [6, 6.07) is 72.1. The second kappa shape index (κ2) is 13.2. The van der Waals surface area contributed by atoms with Gasteiger partial charge in [0, 0.05) is 22.1 Å². The lowest BCUT2D eigenvalue weighted by Crippen LogP contribution is -2.40. The molecule has 0 N–H and O–H groups in total. The van der Waals surface area contributed by atoms with Crippen LogP contribution in [0.3, 0.4) is 0 Å². The number of nitrogens with zero attached hydrogens (tertiary/aromatic N) is 3. The second-order valence-electron chi connectivity index (χ2n) is 16.0. The SMILES string of the molecule is CC1(C)c2ccccc2C2(c3ccccc3-c3cc(-c4ccc(-c5cccc(-c6nc(-c7ccccc7)nc(-c7ccccc7)n6)c5)cc4)ccc32)c2ccccc21. The molecule has 3 nitrogen and oxygen atoms in total. The first kappa shape index (κ1) is 34.1. The highest BCUT2D eigenvalue weighted by Gasteiger charge is 2.53. The number of hydrogen-bond acceptors (Lipinski definition) is 3. The third kappa shape index (κ3) is 5.17. The molecule has 3 heteroatoms. The molecule has 2 aliphatic rings. The predicted molar refractivity (Wildman–Crippen MR) is 236 cm³/mol. The minimum absolute atomic E-state index is 0.112. The van der Waals surface area contributed by atoms with Crippen molar-refractivity contribution in [1.82, 2.24) is 15.0 Å². The average molecular weight is 742 g/mol. The first-order valence-electron chi connectivity index (χ1n) is 20.0. The van der Waals surface area contributed by atoms with Crippen molar-refractivity contribution >= 4 is 0 Å². The van der Waals surface area contributed by atoms with Crippen LogP contribution in [-0.2, 0) is 10.8 Å². The van der Waals surface area contributed by atoms with Crippen LogP contribution < -0.4 is 0 Å². The van der Waals surface area contributed by atoms with E-state index in [4.69, 9.17) is 15.0 Å². The van der Waals surface area contributed by atoms with Gasteiger partial charge in [0.15, 0.2) is 17.5 Å². The van der Waals surface area contributed by atoms with Crippen LogP contribution >= 0.6 is 0 Å². The van der Waals surface area contributed by atoms with Crippen molar-refractivity contribution in [3.8, 4) is 67.5 Å². The van der Waals surface area contributed by atoms with E-state index in [2.05, 4.69) is 153 Å². The van der Waals surface area contributed by atoms with Crippen molar-refractivity contribution < 1.29 is 0 Å². The Morgan fingerprint density at radius 2 is 0.672 bits per heavy atom. The first-order chi connectivity index (χ1) is 28.5. The maximum atomic E-state index is 4.97. The number of benzene rings is 8. The molecule has 0 radical (unpaired) electrons. The third-order valence-electron chi connectivity index (χ3n) is 12.4. The fraction of sp³-hybridized carbons (Fsp3) is 0.0727. The van der Waals surface area contributed by atoms with Crippen molar-refractivity contribution in [1.29, 1.82) is 0 Å². The highest BCUT2D eigenvalue weighted by molar-refractivity contribution is 5.91. The third-order valence-corrected chi connectivity index (χ3v) is 12.4. The summed E-state index contributed by atoms with van der Waals surface area (Å²) >= 11 is 0. The van der Waals surface area contributed by atoms with Gasteiger partial charge in [0.25, 0.3) is 0 Å². The standard InChI is InChI=1S/C55H39N3/c1-54(2)47-24-11-13-26-49(47)55(50-27-14-12-25-48(50)54)45-23-10-9-22-43(45)44-35-41(32-33-46(44)55)37-30-28-36(29-31-37)40-20-15-21-42(34-40)53-57-51(38-16-5-3-6-17-38)56-52(58-53)39-18-7-4-8-19-39/h3-35H,1-2H3. The summed E-state index contributed by atoms with van der Waals surface area (Å²) in [4.78, 5) is 14.8. The quantitative estimate of drug-likeness (QED) is 0.176. The highest BCUT2D eigenvalue weighted by atomic mass is 15.0. The van der Waals surface area contributed by atoms with Crippen molar-refractivity contribution in [2.45, 2.75) is 24.7 Å². The predicted octanol–water partition coefficient (Wildman–Crippen LogP) is 13.2. The van der Waals surface area contributed by atoms with Gasteiger partial charge in [-0.05, 0) is 78.9 Å². The van der Waals surface area contributed by atoms with Crippen LogP contribution in [0.5, 0.6) is 0 Å². The molecular formula is C55H39N3. The Kier molecular flexibility index (Phi) is 7.74. The van der Waals surface area contributed by atoms with Gasteiger partial charge in [-0.15, -0.1) is 0 Å². The molecule has 0 saturated heterocycles. The Bertz CT molecular complexity index is 2910. The van der Waals surface area contributed by atoms with Gasteiger partial charge in [-0.2, -0.15) is 0 Å². The molecule has 0 fully saturated rings. The molecule has 2 aliphatic carbocycles. The number of aromatic nitrogens is 3. The van der Waals surface area contributed by atoms with E-state index in [1.54, 1.807) is 0 Å². The van der Waals surface area contributed by atoms with E-state index in [0.29, 0.717) is 17.5 Å². The fourth-order valence-corrected chi connectivity index (χ4v) is 9.68. The molecule has 0 amide bonds. The van der Waals surface area contributed by atoms with Gasteiger partial charge >= 0.3 is 0 Å². The van der Waals surface area contributed by atoms with E-state index >= 15 is 0 Å². The summed E-state index contributed by atoms with van der Waals surface area (Å²) in [6.45, 7) is 4.75. The molecule has 0 unspecified atom stereocenters. The molecule has 1 spiro atoms. The van der Waals surface area contributed by atoms with Crippen molar-refractivity contribution in [3.05, 3.63) is 234 Å². The zero-order valence-corrected chi connectivity index (χ0v) is 32.4. The van der Waals surface area contributed by atoms with Crippen LogP contribution in [-0.4, -0.2) is 15.0 Å². The molecule has 11 rings (SSSR count). The monoisotopic (exact) mass is 741 g/mol. The van der Waals surface area contributed by atoms with Gasteiger partial charge in [-0.1, -0.05) is 202 Å². The highest BCUT2D eigenvalue weighted by Crippen LogP contribution is 2.62. The lowest BCUT2D eigenvalue weighted by atomic mass is 9.55. The van der Waals surface area contributed by atoms with Gasteiger partial charge in [0.05, 0.1) is 5.41 Å². The topological polar surface area (TPSA) is 38.7 Å². The van der Waals surface area contributed by atoms with Crippen LogP contribution in [0, 0.1) is 0 Å². The average Bonchev–Trinajstić information content (AvgIpc) is 3.59. The normalized spacial score (nSPS) is 14.0. The van der Waals surface area contributed by atoms with Gasteiger partial charge < -0.3 is 0 Å². The number of fused-ring (bicyclic) bond motifs is 9. The summed E-state index contributed by atoms with van der Waals surface area (Å²) in [5.74, 6) is 1.96. The number of hydrogen-bond donors (Lipinski definition) is 0. The van der Waals surface area contributed by atoms with Crippen molar-refractivity contribution in [2.24, 2.45) is 0 Å². The van der Waals surface area contributed by atoms with Crippen molar-refractivity contribution in [2.75, 3.05) is 0 Å². The molecule has 0 saturated carbocycles. The fourth-order valence-electron chi connectivity index (χ4n) is 9.68. The Morgan fingerprint density at radius 1 is 0.276 bits per heavy atom. The van der Waals surface area contributed by atoms with Crippen LogP contribution in [0.2, 0.25) is 0 Å². The maximum absolute atomic E-state index is 4.97. The van der Waals surface area contributed by atoms with Crippen LogP contribution in [0.1, 0.15) is 47.2 Å². The minimum atomic E-state index is -0.385. The molecule has 58 heavy (non-hydrogen) atoms. The largest absolute Gasteiger partial charge is 0.208 e. The Morgan fingerprint density at radius 3 is 1.24 bits per heavy atom. The Balaban J connectivity index is 0.979. The Hall–Kier alpha value is -7.23. The first-order valence-corrected chi connectivity index (χ1v) is 20.0. The van der Waals surface area contributed by atoms with Crippen LogP contribution in [0.4, 0.5) is 0 Å². The summed E-state index contributed by atoms with van der Waals surface area (Å²) in [7, 11) is 0. The van der Waals surface area contributed by atoms with E-state index < -0.39 is 0 Å². The summed E-state index contributed by atoms with van der Waals surface area (Å²) < 4.78 is 0. The molecule has 274 valence electrons. The smallest absolute Gasteiger partial charge is 0.164 e. The molecular weight excluding hydrogens is 703 g/mol. The minimum Gasteiger partial charge on any atom is -0.208 e. The van der Waals surface area contributed by atoms with Crippen molar-refractivity contribution in [3.63, 3.8) is 0 Å². The zero-order chi connectivity index (χ0) is 38.8.